The molecule has 0 radical (unpaired) electrons. The summed E-state index contributed by atoms with van der Waals surface area (Å²) in [5.74, 6) is 0.657. The van der Waals surface area contributed by atoms with E-state index in [9.17, 15) is 14.4 Å². The smallest absolute Gasteiger partial charge is 0.325 e. The van der Waals surface area contributed by atoms with E-state index in [1.165, 1.54) is 0 Å². The van der Waals surface area contributed by atoms with Gasteiger partial charge in [0.15, 0.2) is 0 Å². The summed E-state index contributed by atoms with van der Waals surface area (Å²) in [6.45, 7) is -0.297. The van der Waals surface area contributed by atoms with Gasteiger partial charge < -0.3 is 15.4 Å². The average molecular weight is 393 g/mol. The van der Waals surface area contributed by atoms with Crippen LogP contribution in [0.1, 0.15) is 32.1 Å². The maximum Gasteiger partial charge on any atom is 0.325 e. The number of benzene rings is 2. The number of hydrogen-bond acceptors (Lipinski definition) is 4. The van der Waals surface area contributed by atoms with Crippen LogP contribution in [0, 0.1) is 0 Å². The Bertz CT molecular complexity index is 905. The number of anilines is 1. The van der Waals surface area contributed by atoms with Crippen LogP contribution < -0.4 is 15.4 Å². The van der Waals surface area contributed by atoms with Gasteiger partial charge in [0.2, 0.25) is 5.91 Å². The monoisotopic (exact) mass is 393 g/mol. The van der Waals surface area contributed by atoms with Gasteiger partial charge in [-0.05, 0) is 49.2 Å². The fraction of sp³-hybridized carbons (Fsp3) is 0.318. The van der Waals surface area contributed by atoms with Crippen molar-refractivity contribution in [1.29, 1.82) is 0 Å². The second-order valence-electron chi connectivity index (χ2n) is 7.45. The third-order valence-corrected chi connectivity index (χ3v) is 5.37. The summed E-state index contributed by atoms with van der Waals surface area (Å²) in [7, 11) is 0. The standard InChI is InChI=1S/C22H23N3O4/c26-19(15-25-20(27)22(24-21(25)28)13-5-2-6-14-22)23-16-9-11-18(12-10-16)29-17-7-3-1-4-8-17/h1,3-4,7-12H,2,5-6,13-15H2,(H,23,26)(H,24,28). The van der Waals surface area contributed by atoms with Gasteiger partial charge in [0.05, 0.1) is 0 Å². The number of para-hydroxylation sites is 1. The molecule has 0 bridgehead atoms. The van der Waals surface area contributed by atoms with Crippen molar-refractivity contribution in [2.75, 3.05) is 11.9 Å². The molecule has 0 aromatic heterocycles. The lowest BCUT2D eigenvalue weighted by atomic mass is 9.82. The molecule has 150 valence electrons. The molecule has 0 unspecified atom stereocenters. The lowest BCUT2D eigenvalue weighted by Gasteiger charge is -2.30. The van der Waals surface area contributed by atoms with Crippen LogP contribution in [0.3, 0.4) is 0 Å². The molecule has 4 amide bonds. The van der Waals surface area contributed by atoms with Gasteiger partial charge in [-0.3, -0.25) is 14.5 Å². The minimum Gasteiger partial charge on any atom is -0.457 e. The second kappa shape index (κ2) is 7.95. The largest absolute Gasteiger partial charge is 0.457 e. The van der Waals surface area contributed by atoms with Gasteiger partial charge in [-0.15, -0.1) is 0 Å². The quantitative estimate of drug-likeness (QED) is 0.759. The summed E-state index contributed by atoms with van der Waals surface area (Å²) in [5.41, 5.74) is -0.249. The van der Waals surface area contributed by atoms with Crippen LogP contribution in [0.25, 0.3) is 0 Å². The highest BCUT2D eigenvalue weighted by atomic mass is 16.5. The Morgan fingerprint density at radius 1 is 0.966 bits per heavy atom. The van der Waals surface area contributed by atoms with Gasteiger partial charge in [-0.2, -0.15) is 0 Å². The van der Waals surface area contributed by atoms with Crippen molar-refractivity contribution >= 4 is 23.5 Å². The average Bonchev–Trinajstić information content (AvgIpc) is 2.95. The molecular formula is C22H23N3O4. The molecule has 1 spiro atoms. The first-order chi connectivity index (χ1) is 14.1. The van der Waals surface area contributed by atoms with Crippen LogP contribution >= 0.6 is 0 Å². The zero-order chi connectivity index (χ0) is 20.3. The summed E-state index contributed by atoms with van der Waals surface area (Å²) in [6, 6.07) is 15.8. The molecule has 29 heavy (non-hydrogen) atoms. The normalized spacial score (nSPS) is 17.9. The highest BCUT2D eigenvalue weighted by Crippen LogP contribution is 2.33. The maximum absolute atomic E-state index is 12.7. The van der Waals surface area contributed by atoms with E-state index in [2.05, 4.69) is 10.6 Å². The van der Waals surface area contributed by atoms with Crippen molar-refractivity contribution in [3.8, 4) is 11.5 Å². The van der Waals surface area contributed by atoms with E-state index >= 15 is 0 Å². The van der Waals surface area contributed by atoms with E-state index in [0.29, 0.717) is 24.3 Å². The van der Waals surface area contributed by atoms with Gasteiger partial charge in [-0.25, -0.2) is 4.79 Å². The van der Waals surface area contributed by atoms with Crippen molar-refractivity contribution in [1.82, 2.24) is 10.2 Å². The summed E-state index contributed by atoms with van der Waals surface area (Å²) in [6.07, 6.45) is 4.15. The number of hydrogen-bond donors (Lipinski definition) is 2. The number of nitrogens with zero attached hydrogens (tertiary/aromatic N) is 1. The Hall–Kier alpha value is -3.35. The first-order valence-electron chi connectivity index (χ1n) is 9.83. The number of ether oxygens (including phenoxy) is 1. The number of carbonyl (C=O) groups excluding carboxylic acids is 3. The Kier molecular flexibility index (Phi) is 5.20. The van der Waals surface area contributed by atoms with Crippen LogP contribution in [-0.4, -0.2) is 34.8 Å². The number of amides is 4. The maximum atomic E-state index is 12.7. The fourth-order valence-electron chi connectivity index (χ4n) is 3.89. The van der Waals surface area contributed by atoms with E-state index in [1.807, 2.05) is 30.3 Å². The van der Waals surface area contributed by atoms with Gasteiger partial charge >= 0.3 is 6.03 Å². The highest BCUT2D eigenvalue weighted by Gasteiger charge is 2.51. The number of nitrogens with one attached hydrogen (secondary N) is 2. The zero-order valence-corrected chi connectivity index (χ0v) is 16.0. The number of urea groups is 1. The van der Waals surface area contributed by atoms with Crippen LogP contribution in [-0.2, 0) is 9.59 Å². The van der Waals surface area contributed by atoms with Gasteiger partial charge in [0, 0.05) is 5.69 Å². The molecule has 2 N–H and O–H groups in total. The lowest BCUT2D eigenvalue weighted by Crippen LogP contribution is -2.48. The van der Waals surface area contributed by atoms with Crippen LogP contribution in [0.5, 0.6) is 11.5 Å². The van der Waals surface area contributed by atoms with Crippen molar-refractivity contribution in [2.24, 2.45) is 0 Å². The molecule has 1 aliphatic carbocycles. The summed E-state index contributed by atoms with van der Waals surface area (Å²) >= 11 is 0. The van der Waals surface area contributed by atoms with E-state index < -0.39 is 17.5 Å². The molecule has 2 aromatic rings. The van der Waals surface area contributed by atoms with Crippen molar-refractivity contribution in [2.45, 2.75) is 37.6 Å². The molecular weight excluding hydrogens is 370 g/mol. The molecule has 0 atom stereocenters. The van der Waals surface area contributed by atoms with E-state index in [-0.39, 0.29) is 12.5 Å². The van der Waals surface area contributed by atoms with Crippen molar-refractivity contribution < 1.29 is 19.1 Å². The second-order valence-corrected chi connectivity index (χ2v) is 7.45. The molecule has 1 heterocycles. The molecule has 2 fully saturated rings. The molecule has 7 heteroatoms. The molecule has 1 saturated heterocycles. The first kappa shape index (κ1) is 19.0. The predicted molar refractivity (Wildman–Crippen MR) is 108 cm³/mol. The van der Waals surface area contributed by atoms with Gasteiger partial charge in [0.1, 0.15) is 23.6 Å². The van der Waals surface area contributed by atoms with Crippen LogP contribution in [0.4, 0.5) is 10.5 Å². The van der Waals surface area contributed by atoms with Crippen LogP contribution in [0.2, 0.25) is 0 Å². The SMILES string of the molecule is O=C(CN1C(=O)NC2(CCCCC2)C1=O)Nc1ccc(Oc2ccccc2)cc1. The van der Waals surface area contributed by atoms with E-state index in [4.69, 9.17) is 4.74 Å². The predicted octanol–water partition coefficient (Wildman–Crippen LogP) is 3.67. The Labute approximate surface area is 169 Å². The van der Waals surface area contributed by atoms with Gasteiger partial charge in [0.25, 0.3) is 5.91 Å². The third-order valence-electron chi connectivity index (χ3n) is 5.37. The Balaban J connectivity index is 1.35. The highest BCUT2D eigenvalue weighted by molar-refractivity contribution is 6.10. The minimum absolute atomic E-state index is 0.288. The summed E-state index contributed by atoms with van der Waals surface area (Å²) < 4.78 is 5.72. The topological polar surface area (TPSA) is 87.7 Å². The van der Waals surface area contributed by atoms with Crippen molar-refractivity contribution in [3.05, 3.63) is 54.6 Å². The molecule has 2 aromatic carbocycles. The third kappa shape index (κ3) is 4.08. The zero-order valence-electron chi connectivity index (χ0n) is 16.0. The molecule has 4 rings (SSSR count). The summed E-state index contributed by atoms with van der Waals surface area (Å²) in [4.78, 5) is 38.4. The van der Waals surface area contributed by atoms with Crippen LogP contribution in [0.15, 0.2) is 54.6 Å². The van der Waals surface area contributed by atoms with E-state index in [1.54, 1.807) is 24.3 Å². The summed E-state index contributed by atoms with van der Waals surface area (Å²) in [5, 5.41) is 5.53. The minimum atomic E-state index is -0.813. The molecule has 2 aliphatic rings. The number of carbonyl (C=O) groups is 3. The number of imide groups is 1. The number of rotatable bonds is 5. The first-order valence-corrected chi connectivity index (χ1v) is 9.83. The van der Waals surface area contributed by atoms with Gasteiger partial charge in [-0.1, -0.05) is 37.5 Å². The Morgan fingerprint density at radius 3 is 2.31 bits per heavy atom. The molecule has 1 aliphatic heterocycles. The Morgan fingerprint density at radius 2 is 1.62 bits per heavy atom. The van der Waals surface area contributed by atoms with Crippen molar-refractivity contribution in [3.63, 3.8) is 0 Å². The fourth-order valence-corrected chi connectivity index (χ4v) is 3.89. The molecule has 1 saturated carbocycles. The lowest BCUT2D eigenvalue weighted by molar-refractivity contribution is -0.134. The van der Waals surface area contributed by atoms with E-state index in [0.717, 1.165) is 29.9 Å². The molecule has 7 nitrogen and oxygen atoms in total.